The summed E-state index contributed by atoms with van der Waals surface area (Å²) in [7, 11) is -3.35. The number of sulfone groups is 1. The van der Waals surface area contributed by atoms with Crippen LogP contribution in [0.3, 0.4) is 0 Å². The molecule has 7 heteroatoms. The van der Waals surface area contributed by atoms with Gasteiger partial charge in [-0.2, -0.15) is 0 Å². The molecule has 1 aromatic carbocycles. The van der Waals surface area contributed by atoms with Gasteiger partial charge in [0.2, 0.25) is 0 Å². The lowest BCUT2D eigenvalue weighted by molar-refractivity contribution is 0.571. The van der Waals surface area contributed by atoms with Crippen molar-refractivity contribution >= 4 is 9.84 Å². The Labute approximate surface area is 126 Å². The maximum Gasteiger partial charge on any atom is 0.192 e. The third-order valence-corrected chi connectivity index (χ3v) is 4.06. The van der Waals surface area contributed by atoms with Crippen LogP contribution < -0.4 is 0 Å². The summed E-state index contributed by atoms with van der Waals surface area (Å²) >= 11 is 0. The van der Waals surface area contributed by atoms with Crippen LogP contribution >= 0.6 is 0 Å². The van der Waals surface area contributed by atoms with Crippen LogP contribution in [0.2, 0.25) is 0 Å². The van der Waals surface area contributed by atoms with Crippen LogP contribution in [-0.4, -0.2) is 24.6 Å². The first-order valence-electron chi connectivity index (χ1n) is 6.31. The Hall–Kier alpha value is -2.54. The molecule has 0 aliphatic carbocycles. The van der Waals surface area contributed by atoms with E-state index in [4.69, 9.17) is 4.42 Å². The van der Waals surface area contributed by atoms with Gasteiger partial charge in [-0.15, -0.1) is 0 Å². The van der Waals surface area contributed by atoms with Gasteiger partial charge in [-0.25, -0.2) is 22.8 Å². The predicted octanol–water partition coefficient (Wildman–Crippen LogP) is 2.95. The largest absolute Gasteiger partial charge is 0.443 e. The first-order valence-corrected chi connectivity index (χ1v) is 8.20. The SMILES string of the molecule is CS(=O)(=O)c1ccc(-c2ncoc2-c2ccc(F)cc2)cn1. The standard InChI is InChI=1S/C15H11FN2O3S/c1-22(19,20)13-7-4-11(8-17-13)14-15(21-9-18-14)10-2-5-12(16)6-3-10/h2-9H,1H3. The molecule has 0 saturated heterocycles. The number of hydrogen-bond donors (Lipinski definition) is 0. The summed E-state index contributed by atoms with van der Waals surface area (Å²) in [6, 6.07) is 8.83. The predicted molar refractivity (Wildman–Crippen MR) is 78.2 cm³/mol. The molecule has 2 aromatic heterocycles. The quantitative estimate of drug-likeness (QED) is 0.742. The third kappa shape index (κ3) is 2.75. The van der Waals surface area contributed by atoms with Crippen molar-refractivity contribution in [2.45, 2.75) is 5.03 Å². The second kappa shape index (κ2) is 5.34. The first-order chi connectivity index (χ1) is 10.4. The number of halogens is 1. The van der Waals surface area contributed by atoms with E-state index in [0.717, 1.165) is 6.26 Å². The summed E-state index contributed by atoms with van der Waals surface area (Å²) in [5.41, 5.74) is 1.79. The number of hydrogen-bond acceptors (Lipinski definition) is 5. The van der Waals surface area contributed by atoms with Crippen molar-refractivity contribution in [3.63, 3.8) is 0 Å². The van der Waals surface area contributed by atoms with E-state index in [-0.39, 0.29) is 10.8 Å². The molecule has 0 saturated carbocycles. The fourth-order valence-electron chi connectivity index (χ4n) is 2.00. The second-order valence-electron chi connectivity index (χ2n) is 4.69. The summed E-state index contributed by atoms with van der Waals surface area (Å²) < 4.78 is 41.2. The van der Waals surface area contributed by atoms with Crippen LogP contribution in [0, 0.1) is 5.82 Å². The zero-order chi connectivity index (χ0) is 15.7. The van der Waals surface area contributed by atoms with E-state index in [9.17, 15) is 12.8 Å². The average Bonchev–Trinajstić information content (AvgIpc) is 2.97. The molecule has 3 rings (SSSR count). The molecular weight excluding hydrogens is 307 g/mol. The van der Waals surface area contributed by atoms with E-state index in [0.29, 0.717) is 22.6 Å². The van der Waals surface area contributed by atoms with Gasteiger partial charge in [-0.3, -0.25) is 0 Å². The van der Waals surface area contributed by atoms with Crippen molar-refractivity contribution in [3.8, 4) is 22.6 Å². The Morgan fingerprint density at radius 1 is 1.00 bits per heavy atom. The molecule has 0 N–H and O–H groups in total. The van der Waals surface area contributed by atoms with Crippen LogP contribution in [0.1, 0.15) is 0 Å². The summed E-state index contributed by atoms with van der Waals surface area (Å²) in [5, 5.41) is -0.0110. The molecule has 0 radical (unpaired) electrons. The van der Waals surface area contributed by atoms with Crippen LogP contribution in [0.25, 0.3) is 22.6 Å². The lowest BCUT2D eigenvalue weighted by Gasteiger charge is -2.03. The van der Waals surface area contributed by atoms with E-state index in [2.05, 4.69) is 9.97 Å². The van der Waals surface area contributed by atoms with Crippen LogP contribution in [0.15, 0.2) is 58.4 Å². The van der Waals surface area contributed by atoms with E-state index < -0.39 is 9.84 Å². The Balaban J connectivity index is 2.03. The number of nitrogens with zero attached hydrogens (tertiary/aromatic N) is 2. The maximum absolute atomic E-state index is 13.0. The molecule has 0 amide bonds. The molecule has 3 aromatic rings. The van der Waals surface area contributed by atoms with Crippen molar-refractivity contribution in [2.24, 2.45) is 0 Å². The lowest BCUT2D eigenvalue weighted by Crippen LogP contribution is -1.99. The molecule has 5 nitrogen and oxygen atoms in total. The molecule has 22 heavy (non-hydrogen) atoms. The van der Waals surface area contributed by atoms with Crippen molar-refractivity contribution in [2.75, 3.05) is 6.26 Å². The molecule has 0 aliphatic heterocycles. The van der Waals surface area contributed by atoms with Gasteiger partial charge in [-0.1, -0.05) is 0 Å². The minimum Gasteiger partial charge on any atom is -0.443 e. The van der Waals surface area contributed by atoms with E-state index in [1.807, 2.05) is 0 Å². The van der Waals surface area contributed by atoms with Crippen molar-refractivity contribution in [3.05, 3.63) is 54.8 Å². The highest BCUT2D eigenvalue weighted by atomic mass is 32.2. The van der Waals surface area contributed by atoms with Crippen LogP contribution in [0.5, 0.6) is 0 Å². The monoisotopic (exact) mass is 318 g/mol. The Kier molecular flexibility index (Phi) is 3.50. The van der Waals surface area contributed by atoms with Gasteiger partial charge in [0, 0.05) is 23.6 Å². The van der Waals surface area contributed by atoms with Gasteiger partial charge in [0.15, 0.2) is 27.0 Å². The summed E-state index contributed by atoms with van der Waals surface area (Å²) in [6.07, 6.45) is 3.79. The highest BCUT2D eigenvalue weighted by molar-refractivity contribution is 7.90. The van der Waals surface area contributed by atoms with Crippen molar-refractivity contribution in [1.29, 1.82) is 0 Å². The minimum absolute atomic E-state index is 0.0110. The summed E-state index contributed by atoms with van der Waals surface area (Å²) in [4.78, 5) is 8.05. The van der Waals surface area contributed by atoms with E-state index >= 15 is 0 Å². The van der Waals surface area contributed by atoms with E-state index in [1.54, 1.807) is 18.2 Å². The molecule has 0 fully saturated rings. The lowest BCUT2D eigenvalue weighted by atomic mass is 10.1. The molecule has 2 heterocycles. The Morgan fingerprint density at radius 3 is 2.27 bits per heavy atom. The second-order valence-corrected chi connectivity index (χ2v) is 6.66. The van der Waals surface area contributed by atoms with Crippen molar-refractivity contribution < 1.29 is 17.2 Å². The summed E-state index contributed by atoms with van der Waals surface area (Å²) in [6.45, 7) is 0. The van der Waals surface area contributed by atoms with Gasteiger partial charge in [0.05, 0.1) is 0 Å². The smallest absolute Gasteiger partial charge is 0.192 e. The van der Waals surface area contributed by atoms with Crippen LogP contribution in [-0.2, 0) is 9.84 Å². The Morgan fingerprint density at radius 2 is 1.68 bits per heavy atom. The third-order valence-electron chi connectivity index (χ3n) is 3.06. The van der Waals surface area contributed by atoms with E-state index in [1.165, 1.54) is 30.8 Å². The number of benzene rings is 1. The molecule has 0 spiro atoms. The maximum atomic E-state index is 13.0. The minimum atomic E-state index is -3.35. The van der Waals surface area contributed by atoms with Gasteiger partial charge < -0.3 is 4.42 Å². The molecule has 112 valence electrons. The normalized spacial score (nSPS) is 11.5. The highest BCUT2D eigenvalue weighted by Crippen LogP contribution is 2.31. The zero-order valence-corrected chi connectivity index (χ0v) is 12.3. The molecule has 0 bridgehead atoms. The average molecular weight is 318 g/mol. The molecular formula is C15H11FN2O3S. The Bertz CT molecular complexity index is 901. The zero-order valence-electron chi connectivity index (χ0n) is 11.5. The number of rotatable bonds is 3. The first kappa shape index (κ1) is 14.4. The van der Waals surface area contributed by atoms with Crippen LogP contribution in [0.4, 0.5) is 4.39 Å². The summed E-state index contributed by atoms with van der Waals surface area (Å²) in [5.74, 6) is 0.123. The topological polar surface area (TPSA) is 73.1 Å². The fourth-order valence-corrected chi connectivity index (χ4v) is 2.56. The van der Waals surface area contributed by atoms with Gasteiger partial charge >= 0.3 is 0 Å². The number of aromatic nitrogens is 2. The van der Waals surface area contributed by atoms with Gasteiger partial charge in [0.25, 0.3) is 0 Å². The highest BCUT2D eigenvalue weighted by Gasteiger charge is 2.15. The number of pyridine rings is 1. The number of oxazole rings is 1. The molecule has 0 aliphatic rings. The molecule has 0 unspecified atom stereocenters. The van der Waals surface area contributed by atoms with Gasteiger partial charge in [0.1, 0.15) is 11.5 Å². The van der Waals surface area contributed by atoms with Crippen molar-refractivity contribution in [1.82, 2.24) is 9.97 Å². The fraction of sp³-hybridized carbons (Fsp3) is 0.0667. The van der Waals surface area contributed by atoms with Gasteiger partial charge in [-0.05, 0) is 36.4 Å². The molecule has 0 atom stereocenters.